The van der Waals surface area contributed by atoms with Crippen molar-refractivity contribution < 1.29 is 18.3 Å². The smallest absolute Gasteiger partial charge is 0.303 e. The van der Waals surface area contributed by atoms with E-state index in [0.29, 0.717) is 6.54 Å². The van der Waals surface area contributed by atoms with Crippen LogP contribution in [-0.2, 0) is 20.6 Å². The summed E-state index contributed by atoms with van der Waals surface area (Å²) in [4.78, 5) is 10.5. The van der Waals surface area contributed by atoms with Gasteiger partial charge in [0.25, 0.3) is 0 Å². The van der Waals surface area contributed by atoms with Gasteiger partial charge in [0.15, 0.2) is 0 Å². The molecule has 0 saturated carbocycles. The number of sulfonamides is 1. The topological polar surface area (TPSA) is 74.7 Å². The second kappa shape index (κ2) is 10.7. The highest BCUT2D eigenvalue weighted by atomic mass is 32.2. The molecule has 1 fully saturated rings. The Morgan fingerprint density at radius 3 is 2.38 bits per heavy atom. The van der Waals surface area contributed by atoms with E-state index in [1.54, 1.807) is 4.31 Å². The molecule has 146 valence electrons. The molecule has 0 aliphatic carbocycles. The van der Waals surface area contributed by atoms with E-state index in [4.69, 9.17) is 5.11 Å². The van der Waals surface area contributed by atoms with Gasteiger partial charge in [-0.15, -0.1) is 0 Å². The number of carboxylic acids is 1. The summed E-state index contributed by atoms with van der Waals surface area (Å²) in [7, 11) is -3.25. The number of nitrogens with zero attached hydrogens (tertiary/aromatic N) is 1. The Morgan fingerprint density at radius 1 is 1.04 bits per heavy atom. The fraction of sp³-hybridized carbons (Fsp3) is 0.650. The first-order valence-corrected chi connectivity index (χ1v) is 11.4. The lowest BCUT2D eigenvalue weighted by Crippen LogP contribution is -2.36. The molecule has 1 saturated heterocycles. The Bertz CT molecular complexity index is 645. The van der Waals surface area contributed by atoms with Crippen LogP contribution in [0.2, 0.25) is 0 Å². The van der Waals surface area contributed by atoms with Gasteiger partial charge in [-0.1, -0.05) is 62.4 Å². The lowest BCUT2D eigenvalue weighted by Gasteiger charge is -2.24. The number of rotatable bonds is 12. The molecular weight excluding hydrogens is 350 g/mol. The van der Waals surface area contributed by atoms with Crippen LogP contribution in [0.1, 0.15) is 69.8 Å². The zero-order valence-corrected chi connectivity index (χ0v) is 16.3. The van der Waals surface area contributed by atoms with Gasteiger partial charge in [0.05, 0.1) is 5.75 Å². The third-order valence-electron chi connectivity index (χ3n) is 5.05. The van der Waals surface area contributed by atoms with Crippen molar-refractivity contribution in [3.05, 3.63) is 35.9 Å². The maximum Gasteiger partial charge on any atom is 0.303 e. The average Bonchev–Trinajstić information content (AvgIpc) is 3.07. The molecule has 6 heteroatoms. The van der Waals surface area contributed by atoms with Gasteiger partial charge in [0.2, 0.25) is 10.0 Å². The maximum atomic E-state index is 12.8. The molecule has 26 heavy (non-hydrogen) atoms. The largest absolute Gasteiger partial charge is 0.481 e. The van der Waals surface area contributed by atoms with Crippen molar-refractivity contribution >= 4 is 16.0 Å². The molecule has 1 aromatic carbocycles. The minimum absolute atomic E-state index is 0.0912. The van der Waals surface area contributed by atoms with Crippen LogP contribution in [0, 0.1) is 0 Å². The summed E-state index contributed by atoms with van der Waals surface area (Å²) in [6.45, 7) is 0.648. The zero-order valence-electron chi connectivity index (χ0n) is 15.5. The van der Waals surface area contributed by atoms with Gasteiger partial charge in [0, 0.05) is 19.0 Å². The van der Waals surface area contributed by atoms with Crippen molar-refractivity contribution in [2.75, 3.05) is 6.54 Å². The molecule has 5 nitrogen and oxygen atoms in total. The van der Waals surface area contributed by atoms with E-state index in [-0.39, 0.29) is 18.2 Å². The van der Waals surface area contributed by atoms with Gasteiger partial charge >= 0.3 is 5.97 Å². The van der Waals surface area contributed by atoms with Crippen molar-refractivity contribution in [3.63, 3.8) is 0 Å². The summed E-state index contributed by atoms with van der Waals surface area (Å²) in [6, 6.07) is 9.54. The van der Waals surface area contributed by atoms with Crippen molar-refractivity contribution in [3.8, 4) is 0 Å². The molecule has 2 rings (SSSR count). The average molecular weight is 382 g/mol. The Labute approximate surface area is 157 Å². The maximum absolute atomic E-state index is 12.8. The van der Waals surface area contributed by atoms with Crippen molar-refractivity contribution in [2.45, 2.75) is 76.0 Å². The molecule has 0 bridgehead atoms. The van der Waals surface area contributed by atoms with E-state index in [1.165, 1.54) is 0 Å². The van der Waals surface area contributed by atoms with Gasteiger partial charge in [0.1, 0.15) is 0 Å². The number of unbranched alkanes of at least 4 members (excludes halogenated alkanes) is 5. The normalized spacial score (nSPS) is 18.2. The van der Waals surface area contributed by atoms with Crippen LogP contribution < -0.4 is 0 Å². The summed E-state index contributed by atoms with van der Waals surface area (Å²) in [6.07, 6.45) is 9.13. The highest BCUT2D eigenvalue weighted by Crippen LogP contribution is 2.27. The zero-order chi connectivity index (χ0) is 18.8. The molecule has 1 heterocycles. The molecule has 1 aliphatic heterocycles. The van der Waals surface area contributed by atoms with Crippen LogP contribution in [0.25, 0.3) is 0 Å². The highest BCUT2D eigenvalue weighted by Gasteiger charge is 2.33. The predicted octanol–water partition coefficient (Wildman–Crippen LogP) is 4.19. The van der Waals surface area contributed by atoms with Crippen LogP contribution in [-0.4, -0.2) is 36.4 Å². The Morgan fingerprint density at radius 2 is 1.69 bits per heavy atom. The highest BCUT2D eigenvalue weighted by molar-refractivity contribution is 7.88. The fourth-order valence-corrected chi connectivity index (χ4v) is 5.55. The number of hydrogen-bond acceptors (Lipinski definition) is 3. The molecule has 0 radical (unpaired) electrons. The molecule has 1 aromatic rings. The summed E-state index contributed by atoms with van der Waals surface area (Å²) >= 11 is 0. The van der Waals surface area contributed by atoms with Crippen molar-refractivity contribution in [2.24, 2.45) is 0 Å². The molecule has 1 N–H and O–H groups in total. The number of carboxylic acid groups (broad SMARTS) is 1. The van der Waals surface area contributed by atoms with E-state index < -0.39 is 16.0 Å². The van der Waals surface area contributed by atoms with E-state index in [0.717, 1.165) is 63.4 Å². The second-order valence-corrected chi connectivity index (χ2v) is 9.12. The summed E-state index contributed by atoms with van der Waals surface area (Å²) in [5, 5.41) is 8.61. The Balaban J connectivity index is 1.69. The number of benzene rings is 1. The van der Waals surface area contributed by atoms with E-state index in [2.05, 4.69) is 0 Å². The lowest BCUT2D eigenvalue weighted by molar-refractivity contribution is -0.137. The van der Waals surface area contributed by atoms with Gasteiger partial charge < -0.3 is 5.11 Å². The molecule has 0 spiro atoms. The SMILES string of the molecule is O=C(O)CCCCCCCCC1CCCN1S(=O)(=O)Cc1ccccc1. The lowest BCUT2D eigenvalue weighted by atomic mass is 10.0. The number of aliphatic carboxylic acids is 1. The third-order valence-corrected chi connectivity index (χ3v) is 6.94. The molecule has 1 unspecified atom stereocenters. The summed E-state index contributed by atoms with van der Waals surface area (Å²) in [5.41, 5.74) is 0.847. The first kappa shape index (κ1) is 20.9. The number of hydrogen-bond donors (Lipinski definition) is 1. The van der Waals surface area contributed by atoms with Crippen LogP contribution in [0.3, 0.4) is 0 Å². The standard InChI is InChI=1S/C20H31NO4S/c22-20(23)15-9-4-2-1-3-8-13-19-14-10-16-21(19)26(24,25)17-18-11-6-5-7-12-18/h5-7,11-12,19H,1-4,8-10,13-17H2,(H,22,23). The third kappa shape index (κ3) is 7.08. The van der Waals surface area contributed by atoms with E-state index >= 15 is 0 Å². The van der Waals surface area contributed by atoms with E-state index in [1.807, 2.05) is 30.3 Å². The van der Waals surface area contributed by atoms with E-state index in [9.17, 15) is 13.2 Å². The van der Waals surface area contributed by atoms with Crippen LogP contribution in [0.15, 0.2) is 30.3 Å². The Kier molecular flexibility index (Phi) is 8.59. The quantitative estimate of drug-likeness (QED) is 0.551. The second-order valence-electron chi connectivity index (χ2n) is 7.20. The summed E-state index contributed by atoms with van der Waals surface area (Å²) < 4.78 is 27.2. The number of carbonyl (C=O) groups is 1. The van der Waals surface area contributed by atoms with Gasteiger partial charge in [-0.05, 0) is 31.2 Å². The molecular formula is C20H31NO4S. The van der Waals surface area contributed by atoms with Crippen molar-refractivity contribution in [1.82, 2.24) is 4.31 Å². The van der Waals surface area contributed by atoms with Gasteiger partial charge in [-0.2, -0.15) is 4.31 Å². The first-order valence-electron chi connectivity index (χ1n) is 9.74. The summed E-state index contributed by atoms with van der Waals surface area (Å²) in [5.74, 6) is -0.628. The molecule has 0 aromatic heterocycles. The van der Waals surface area contributed by atoms with Gasteiger partial charge in [-0.25, -0.2) is 8.42 Å². The monoisotopic (exact) mass is 381 g/mol. The first-order chi connectivity index (χ1) is 12.5. The molecule has 0 amide bonds. The van der Waals surface area contributed by atoms with Crippen molar-refractivity contribution in [1.29, 1.82) is 0 Å². The van der Waals surface area contributed by atoms with Crippen LogP contribution >= 0.6 is 0 Å². The molecule has 1 aliphatic rings. The minimum Gasteiger partial charge on any atom is -0.481 e. The minimum atomic E-state index is -3.25. The molecule has 1 atom stereocenters. The van der Waals surface area contributed by atoms with Gasteiger partial charge in [-0.3, -0.25) is 4.79 Å². The predicted molar refractivity (Wildman–Crippen MR) is 103 cm³/mol. The van der Waals surface area contributed by atoms with Crippen LogP contribution in [0.5, 0.6) is 0 Å². The Hall–Kier alpha value is -1.40. The van der Waals surface area contributed by atoms with Crippen LogP contribution in [0.4, 0.5) is 0 Å². The fourth-order valence-electron chi connectivity index (χ4n) is 3.69.